The minimum Gasteiger partial charge on any atom is -0.480 e. The van der Waals surface area contributed by atoms with Gasteiger partial charge in [-0.05, 0) is 30.5 Å². The average molecular weight is 349 g/mol. The van der Waals surface area contributed by atoms with E-state index in [-0.39, 0.29) is 0 Å². The Balaban J connectivity index is 2.00. The Morgan fingerprint density at radius 2 is 1.92 bits per heavy atom. The lowest BCUT2D eigenvalue weighted by Gasteiger charge is -2.12. The van der Waals surface area contributed by atoms with Crippen LogP contribution < -0.4 is 0 Å². The van der Waals surface area contributed by atoms with E-state index in [2.05, 4.69) is 28.2 Å². The number of thioether (sulfide) groups is 1. The second-order valence-electron chi connectivity index (χ2n) is 5.67. The number of hydrogen-bond donors (Lipinski definition) is 1. The fraction of sp³-hybridized carbons (Fsp3) is 0.105. The number of benzene rings is 2. The van der Waals surface area contributed by atoms with Crippen molar-refractivity contribution in [2.75, 3.05) is 0 Å². The van der Waals surface area contributed by atoms with E-state index in [9.17, 15) is 9.90 Å². The Kier molecular flexibility index (Phi) is 3.89. The quantitative estimate of drug-likeness (QED) is 0.561. The van der Waals surface area contributed by atoms with Gasteiger partial charge in [-0.25, -0.2) is 9.97 Å². The number of aromatic nitrogens is 3. The SMILES string of the molecule is CC(Sc1nc2cccnc2n1-c1cccc2ccccc12)C(=O)O. The predicted molar refractivity (Wildman–Crippen MR) is 99.3 cm³/mol. The molecule has 0 bridgehead atoms. The summed E-state index contributed by atoms with van der Waals surface area (Å²) in [4.78, 5) is 20.4. The molecule has 4 rings (SSSR count). The normalized spacial score (nSPS) is 12.5. The molecule has 2 aromatic carbocycles. The molecule has 0 aliphatic carbocycles. The standard InChI is InChI=1S/C19H15N3O2S/c1-12(18(23)24)25-19-21-15-9-5-11-20-17(15)22(19)16-10-4-7-13-6-2-3-8-14(13)16/h2-12H,1H3,(H,23,24). The van der Waals surface area contributed by atoms with E-state index in [0.29, 0.717) is 5.16 Å². The summed E-state index contributed by atoms with van der Waals surface area (Å²) in [6.07, 6.45) is 1.72. The molecule has 6 heteroatoms. The largest absolute Gasteiger partial charge is 0.480 e. The van der Waals surface area contributed by atoms with Crippen LogP contribution >= 0.6 is 11.8 Å². The van der Waals surface area contributed by atoms with Gasteiger partial charge in [0.1, 0.15) is 10.8 Å². The topological polar surface area (TPSA) is 68.0 Å². The first-order valence-electron chi connectivity index (χ1n) is 7.86. The molecule has 0 saturated carbocycles. The van der Waals surface area contributed by atoms with Crippen molar-refractivity contribution in [1.29, 1.82) is 0 Å². The van der Waals surface area contributed by atoms with Gasteiger partial charge in [-0.15, -0.1) is 0 Å². The van der Waals surface area contributed by atoms with Crippen molar-refractivity contribution < 1.29 is 9.90 Å². The zero-order valence-electron chi connectivity index (χ0n) is 13.5. The molecule has 5 nitrogen and oxygen atoms in total. The van der Waals surface area contributed by atoms with Gasteiger partial charge in [-0.2, -0.15) is 0 Å². The Labute approximate surface area is 148 Å². The third-order valence-electron chi connectivity index (χ3n) is 4.02. The van der Waals surface area contributed by atoms with Gasteiger partial charge < -0.3 is 5.11 Å². The molecule has 0 radical (unpaired) electrons. The molecule has 0 aliphatic heterocycles. The van der Waals surface area contributed by atoms with E-state index in [1.54, 1.807) is 13.1 Å². The van der Waals surface area contributed by atoms with Crippen molar-refractivity contribution in [3.8, 4) is 5.69 Å². The molecule has 1 unspecified atom stereocenters. The third kappa shape index (κ3) is 2.74. The maximum atomic E-state index is 11.3. The number of hydrogen-bond acceptors (Lipinski definition) is 4. The van der Waals surface area contributed by atoms with Crippen molar-refractivity contribution in [3.05, 3.63) is 60.8 Å². The van der Waals surface area contributed by atoms with E-state index < -0.39 is 11.2 Å². The molecule has 0 fully saturated rings. The summed E-state index contributed by atoms with van der Waals surface area (Å²) in [7, 11) is 0. The summed E-state index contributed by atoms with van der Waals surface area (Å²) in [6.45, 7) is 1.66. The highest BCUT2D eigenvalue weighted by Crippen LogP contribution is 2.32. The highest BCUT2D eigenvalue weighted by atomic mass is 32.2. The van der Waals surface area contributed by atoms with Crippen LogP contribution in [0.5, 0.6) is 0 Å². The fourth-order valence-electron chi connectivity index (χ4n) is 2.80. The van der Waals surface area contributed by atoms with Gasteiger partial charge in [0.2, 0.25) is 0 Å². The number of carbonyl (C=O) groups is 1. The highest BCUT2D eigenvalue weighted by Gasteiger charge is 2.21. The average Bonchev–Trinajstić information content (AvgIpc) is 2.98. The predicted octanol–water partition coefficient (Wildman–Crippen LogP) is 4.14. The van der Waals surface area contributed by atoms with Gasteiger partial charge in [0.25, 0.3) is 0 Å². The molecular weight excluding hydrogens is 334 g/mol. The zero-order chi connectivity index (χ0) is 17.4. The number of rotatable bonds is 4. The molecule has 0 aliphatic rings. The summed E-state index contributed by atoms with van der Waals surface area (Å²) in [6, 6.07) is 17.9. The van der Waals surface area contributed by atoms with Crippen molar-refractivity contribution in [2.45, 2.75) is 17.3 Å². The Hall–Kier alpha value is -2.86. The summed E-state index contributed by atoms with van der Waals surface area (Å²) in [5.41, 5.74) is 2.41. The van der Waals surface area contributed by atoms with Crippen LogP contribution in [0.25, 0.3) is 27.6 Å². The lowest BCUT2D eigenvalue weighted by Crippen LogP contribution is -2.12. The molecule has 0 spiro atoms. The van der Waals surface area contributed by atoms with Gasteiger partial charge in [0.15, 0.2) is 10.8 Å². The molecule has 2 aromatic heterocycles. The maximum absolute atomic E-state index is 11.3. The maximum Gasteiger partial charge on any atom is 0.316 e. The Morgan fingerprint density at radius 3 is 2.76 bits per heavy atom. The lowest BCUT2D eigenvalue weighted by atomic mass is 10.1. The highest BCUT2D eigenvalue weighted by molar-refractivity contribution is 8.00. The van der Waals surface area contributed by atoms with Gasteiger partial charge in [0.05, 0.1) is 5.69 Å². The van der Waals surface area contributed by atoms with Crippen LogP contribution in [0.2, 0.25) is 0 Å². The van der Waals surface area contributed by atoms with Crippen LogP contribution in [-0.4, -0.2) is 30.9 Å². The first-order valence-corrected chi connectivity index (χ1v) is 8.74. The smallest absolute Gasteiger partial charge is 0.316 e. The molecule has 0 saturated heterocycles. The van der Waals surface area contributed by atoms with Crippen molar-refractivity contribution in [2.24, 2.45) is 0 Å². The van der Waals surface area contributed by atoms with E-state index in [1.807, 2.05) is 41.0 Å². The van der Waals surface area contributed by atoms with E-state index >= 15 is 0 Å². The Bertz CT molecular complexity index is 1090. The molecule has 0 amide bonds. The number of aliphatic carboxylic acids is 1. The molecule has 25 heavy (non-hydrogen) atoms. The minimum absolute atomic E-state index is 0.606. The summed E-state index contributed by atoms with van der Waals surface area (Å²) < 4.78 is 1.95. The summed E-state index contributed by atoms with van der Waals surface area (Å²) in [5.74, 6) is -0.866. The molecule has 1 N–H and O–H groups in total. The van der Waals surface area contributed by atoms with Crippen LogP contribution in [0.3, 0.4) is 0 Å². The zero-order valence-corrected chi connectivity index (χ0v) is 14.3. The van der Waals surface area contributed by atoms with Gasteiger partial charge in [0, 0.05) is 11.6 Å². The minimum atomic E-state index is -0.866. The van der Waals surface area contributed by atoms with Gasteiger partial charge in [-0.3, -0.25) is 9.36 Å². The number of nitrogens with zero attached hydrogens (tertiary/aromatic N) is 3. The number of pyridine rings is 1. The molecule has 1 atom stereocenters. The number of carboxylic acids is 1. The van der Waals surface area contributed by atoms with Crippen LogP contribution in [-0.2, 0) is 4.79 Å². The van der Waals surface area contributed by atoms with E-state index in [0.717, 1.165) is 27.6 Å². The molecule has 124 valence electrons. The molecule has 2 heterocycles. The third-order valence-corrected chi connectivity index (χ3v) is 5.06. The second kappa shape index (κ2) is 6.22. The van der Waals surface area contributed by atoms with Gasteiger partial charge >= 0.3 is 5.97 Å². The summed E-state index contributed by atoms with van der Waals surface area (Å²) in [5, 5.41) is 11.5. The first kappa shape index (κ1) is 15.7. The Morgan fingerprint density at radius 1 is 1.12 bits per heavy atom. The monoisotopic (exact) mass is 349 g/mol. The van der Waals surface area contributed by atoms with Crippen molar-refractivity contribution in [1.82, 2.24) is 14.5 Å². The van der Waals surface area contributed by atoms with Crippen molar-refractivity contribution in [3.63, 3.8) is 0 Å². The number of carboxylic acid groups (broad SMARTS) is 1. The van der Waals surface area contributed by atoms with Crippen LogP contribution in [0.4, 0.5) is 0 Å². The van der Waals surface area contributed by atoms with Crippen molar-refractivity contribution >= 4 is 39.7 Å². The van der Waals surface area contributed by atoms with Gasteiger partial charge in [-0.1, -0.05) is 48.2 Å². The number of imidazole rings is 1. The van der Waals surface area contributed by atoms with Crippen LogP contribution in [0.1, 0.15) is 6.92 Å². The van der Waals surface area contributed by atoms with E-state index in [4.69, 9.17) is 0 Å². The van der Waals surface area contributed by atoms with Crippen LogP contribution in [0.15, 0.2) is 66.0 Å². The van der Waals surface area contributed by atoms with E-state index in [1.165, 1.54) is 11.8 Å². The molecule has 4 aromatic rings. The summed E-state index contributed by atoms with van der Waals surface area (Å²) >= 11 is 1.22. The fourth-order valence-corrected chi connectivity index (χ4v) is 3.66. The van der Waals surface area contributed by atoms with Crippen LogP contribution in [0, 0.1) is 0 Å². The first-order chi connectivity index (χ1) is 12.1. The molecular formula is C19H15N3O2S. The number of fused-ring (bicyclic) bond motifs is 2. The second-order valence-corrected chi connectivity index (χ2v) is 6.98. The lowest BCUT2D eigenvalue weighted by molar-refractivity contribution is -0.136.